The molecule has 2 atom stereocenters. The SMILES string of the molecule is CNCCN1C(=O)C2CC1CS2. The first kappa shape index (κ1) is 8.38. The van der Waals surface area contributed by atoms with E-state index in [2.05, 4.69) is 5.32 Å². The first-order valence-corrected chi connectivity index (χ1v) is 5.44. The highest BCUT2D eigenvalue weighted by molar-refractivity contribution is 8.01. The number of nitrogens with one attached hydrogen (secondary N) is 1. The third-order valence-electron chi connectivity index (χ3n) is 2.58. The molecule has 3 nitrogen and oxygen atoms in total. The number of fused-ring (bicyclic) bond motifs is 2. The van der Waals surface area contributed by atoms with E-state index in [1.807, 2.05) is 23.7 Å². The Bertz CT molecular complexity index is 197. The minimum absolute atomic E-state index is 0.298. The van der Waals surface area contributed by atoms with Crippen LogP contribution < -0.4 is 5.32 Å². The second-order valence-electron chi connectivity index (χ2n) is 3.35. The number of thioether (sulfide) groups is 1. The second-order valence-corrected chi connectivity index (χ2v) is 4.58. The van der Waals surface area contributed by atoms with Crippen LogP contribution in [-0.2, 0) is 4.79 Å². The third-order valence-corrected chi connectivity index (χ3v) is 3.95. The van der Waals surface area contributed by atoms with Crippen LogP contribution in [0.3, 0.4) is 0 Å². The number of likely N-dealkylation sites (tertiary alicyclic amines) is 1. The van der Waals surface area contributed by atoms with Crippen molar-refractivity contribution in [3.05, 3.63) is 0 Å². The van der Waals surface area contributed by atoms with Gasteiger partial charge in [0.25, 0.3) is 0 Å². The normalized spacial score (nSPS) is 33.4. The molecule has 2 rings (SSSR count). The van der Waals surface area contributed by atoms with Crippen molar-refractivity contribution in [2.45, 2.75) is 17.7 Å². The van der Waals surface area contributed by atoms with Crippen LogP contribution in [0.2, 0.25) is 0 Å². The fourth-order valence-electron chi connectivity index (χ4n) is 1.89. The molecule has 1 amide bonds. The van der Waals surface area contributed by atoms with Gasteiger partial charge in [-0.25, -0.2) is 0 Å². The van der Waals surface area contributed by atoms with Gasteiger partial charge >= 0.3 is 0 Å². The topological polar surface area (TPSA) is 32.3 Å². The number of carbonyl (C=O) groups excluding carboxylic acids is 1. The maximum Gasteiger partial charge on any atom is 0.236 e. The van der Waals surface area contributed by atoms with Gasteiger partial charge in [-0.15, -0.1) is 11.8 Å². The number of hydrogen-bond acceptors (Lipinski definition) is 3. The molecule has 68 valence electrons. The van der Waals surface area contributed by atoms with Crippen LogP contribution in [0.25, 0.3) is 0 Å². The molecule has 0 aromatic carbocycles. The van der Waals surface area contributed by atoms with E-state index in [1.165, 1.54) is 0 Å². The van der Waals surface area contributed by atoms with Crippen molar-refractivity contribution < 1.29 is 4.79 Å². The fraction of sp³-hybridized carbons (Fsp3) is 0.875. The van der Waals surface area contributed by atoms with E-state index in [1.54, 1.807) is 0 Å². The molecule has 12 heavy (non-hydrogen) atoms. The molecule has 2 unspecified atom stereocenters. The van der Waals surface area contributed by atoms with Crippen molar-refractivity contribution in [2.24, 2.45) is 0 Å². The summed E-state index contributed by atoms with van der Waals surface area (Å²) in [5.74, 6) is 1.52. The molecule has 2 aliphatic heterocycles. The molecule has 2 bridgehead atoms. The molecule has 1 N–H and O–H groups in total. The van der Waals surface area contributed by atoms with Gasteiger partial charge in [-0.2, -0.15) is 0 Å². The van der Waals surface area contributed by atoms with E-state index in [9.17, 15) is 4.79 Å². The number of carbonyl (C=O) groups is 1. The summed E-state index contributed by atoms with van der Waals surface area (Å²) in [6.45, 7) is 1.80. The first-order chi connectivity index (χ1) is 5.83. The zero-order valence-corrected chi connectivity index (χ0v) is 8.06. The number of hydrogen-bond donors (Lipinski definition) is 1. The van der Waals surface area contributed by atoms with E-state index in [0.717, 1.165) is 25.3 Å². The molecule has 0 saturated carbocycles. The fourth-order valence-corrected chi connectivity index (χ4v) is 3.30. The van der Waals surface area contributed by atoms with Crippen LogP contribution >= 0.6 is 11.8 Å². The van der Waals surface area contributed by atoms with Gasteiger partial charge in [-0.05, 0) is 13.5 Å². The van der Waals surface area contributed by atoms with Gasteiger partial charge < -0.3 is 10.2 Å². The number of amides is 1. The number of likely N-dealkylation sites (N-methyl/N-ethyl adjacent to an activating group) is 1. The molecule has 0 spiro atoms. The summed E-state index contributed by atoms with van der Waals surface area (Å²) in [5.41, 5.74) is 0. The lowest BCUT2D eigenvalue weighted by Crippen LogP contribution is -2.42. The summed E-state index contributed by atoms with van der Waals surface area (Å²) in [4.78, 5) is 13.6. The number of nitrogens with zero attached hydrogens (tertiary/aromatic N) is 1. The van der Waals surface area contributed by atoms with E-state index in [0.29, 0.717) is 17.2 Å². The van der Waals surface area contributed by atoms with Gasteiger partial charge in [0.2, 0.25) is 5.91 Å². The van der Waals surface area contributed by atoms with Gasteiger partial charge in [-0.1, -0.05) is 0 Å². The Labute approximate surface area is 76.9 Å². The Balaban J connectivity index is 1.94. The van der Waals surface area contributed by atoms with Gasteiger partial charge in [0, 0.05) is 24.9 Å². The lowest BCUT2D eigenvalue weighted by Gasteiger charge is -2.26. The van der Waals surface area contributed by atoms with Crippen molar-refractivity contribution >= 4 is 17.7 Å². The Morgan fingerprint density at radius 3 is 3.17 bits per heavy atom. The molecular formula is C8H14N2OS. The summed E-state index contributed by atoms with van der Waals surface area (Å²) < 4.78 is 0. The lowest BCUT2D eigenvalue weighted by molar-refractivity contribution is -0.128. The molecule has 0 aliphatic carbocycles. The van der Waals surface area contributed by atoms with Crippen LogP contribution in [0, 0.1) is 0 Å². The van der Waals surface area contributed by atoms with Crippen LogP contribution in [-0.4, -0.2) is 48.0 Å². The predicted molar refractivity (Wildman–Crippen MR) is 50.3 cm³/mol. The average Bonchev–Trinajstić information content (AvgIpc) is 2.62. The van der Waals surface area contributed by atoms with E-state index < -0.39 is 0 Å². The van der Waals surface area contributed by atoms with E-state index in [-0.39, 0.29) is 0 Å². The largest absolute Gasteiger partial charge is 0.337 e. The van der Waals surface area contributed by atoms with Crippen molar-refractivity contribution in [2.75, 3.05) is 25.9 Å². The minimum atomic E-state index is 0.298. The average molecular weight is 186 g/mol. The summed E-state index contributed by atoms with van der Waals surface area (Å²) in [5, 5.41) is 3.37. The molecule has 0 radical (unpaired) electrons. The molecule has 2 aliphatic rings. The second kappa shape index (κ2) is 3.26. The highest BCUT2D eigenvalue weighted by Crippen LogP contribution is 2.37. The zero-order chi connectivity index (χ0) is 8.55. The van der Waals surface area contributed by atoms with Crippen molar-refractivity contribution in [1.82, 2.24) is 10.2 Å². The Morgan fingerprint density at radius 1 is 1.75 bits per heavy atom. The zero-order valence-electron chi connectivity index (χ0n) is 7.25. The monoisotopic (exact) mass is 186 g/mol. The van der Waals surface area contributed by atoms with Gasteiger partial charge in [-0.3, -0.25) is 4.79 Å². The first-order valence-electron chi connectivity index (χ1n) is 4.39. The van der Waals surface area contributed by atoms with Crippen molar-refractivity contribution in [3.8, 4) is 0 Å². The molecule has 2 saturated heterocycles. The Hall–Kier alpha value is -0.220. The van der Waals surface area contributed by atoms with Crippen LogP contribution in [0.5, 0.6) is 0 Å². The van der Waals surface area contributed by atoms with Crippen LogP contribution in [0.15, 0.2) is 0 Å². The van der Waals surface area contributed by atoms with Gasteiger partial charge in [0.15, 0.2) is 0 Å². The molecular weight excluding hydrogens is 172 g/mol. The van der Waals surface area contributed by atoms with Crippen molar-refractivity contribution in [3.63, 3.8) is 0 Å². The third kappa shape index (κ3) is 1.23. The molecule has 2 fully saturated rings. The molecule has 2 heterocycles. The number of rotatable bonds is 3. The van der Waals surface area contributed by atoms with E-state index >= 15 is 0 Å². The summed E-state index contributed by atoms with van der Waals surface area (Å²) in [6.07, 6.45) is 1.09. The van der Waals surface area contributed by atoms with E-state index in [4.69, 9.17) is 0 Å². The maximum atomic E-state index is 11.6. The Kier molecular flexibility index (Phi) is 2.28. The van der Waals surface area contributed by atoms with Gasteiger partial charge in [0.05, 0.1) is 5.25 Å². The minimum Gasteiger partial charge on any atom is -0.337 e. The quantitative estimate of drug-likeness (QED) is 0.669. The Morgan fingerprint density at radius 2 is 2.58 bits per heavy atom. The van der Waals surface area contributed by atoms with Crippen LogP contribution in [0.1, 0.15) is 6.42 Å². The summed E-state index contributed by atoms with van der Waals surface area (Å²) in [7, 11) is 1.92. The maximum absolute atomic E-state index is 11.6. The lowest BCUT2D eigenvalue weighted by atomic mass is 10.2. The summed E-state index contributed by atoms with van der Waals surface area (Å²) >= 11 is 1.83. The molecule has 0 aromatic rings. The summed E-state index contributed by atoms with van der Waals surface area (Å²) in [6, 6.07) is 0.542. The standard InChI is InChI=1S/C8H14N2OS/c1-9-2-3-10-6-4-7(8(10)11)12-5-6/h6-7,9H,2-5H2,1H3. The molecule has 4 heteroatoms. The van der Waals surface area contributed by atoms with Crippen molar-refractivity contribution in [1.29, 1.82) is 0 Å². The smallest absolute Gasteiger partial charge is 0.236 e. The predicted octanol–water partition coefficient (Wildman–Crippen LogP) is -0.0779. The highest BCUT2D eigenvalue weighted by atomic mass is 32.2. The van der Waals surface area contributed by atoms with Gasteiger partial charge in [0.1, 0.15) is 0 Å². The highest BCUT2D eigenvalue weighted by Gasteiger charge is 2.44. The van der Waals surface area contributed by atoms with Crippen LogP contribution in [0.4, 0.5) is 0 Å². The molecule has 0 aromatic heterocycles.